The summed E-state index contributed by atoms with van der Waals surface area (Å²) >= 11 is 0. The number of benzene rings is 2. The van der Waals surface area contributed by atoms with E-state index >= 15 is 0 Å². The van der Waals surface area contributed by atoms with E-state index in [1.807, 2.05) is 19.1 Å². The van der Waals surface area contributed by atoms with Crippen molar-refractivity contribution in [1.82, 2.24) is 14.9 Å². The van der Waals surface area contributed by atoms with Crippen LogP contribution >= 0.6 is 0 Å². The van der Waals surface area contributed by atoms with Crippen LogP contribution in [0, 0.1) is 16.0 Å². The second kappa shape index (κ2) is 8.86. The molecule has 1 heterocycles. The Hall–Kier alpha value is -3.55. The van der Waals surface area contributed by atoms with Crippen molar-refractivity contribution < 1.29 is 9.72 Å². The van der Waals surface area contributed by atoms with Gasteiger partial charge in [-0.25, -0.2) is 4.98 Å². The number of carbonyl (C=O) groups is 1. The van der Waals surface area contributed by atoms with Gasteiger partial charge >= 0.3 is 0 Å². The summed E-state index contributed by atoms with van der Waals surface area (Å²) < 4.78 is 1.20. The summed E-state index contributed by atoms with van der Waals surface area (Å²) in [6.45, 7) is 6.04. The molecule has 1 amide bonds. The van der Waals surface area contributed by atoms with Crippen molar-refractivity contribution >= 4 is 22.5 Å². The van der Waals surface area contributed by atoms with E-state index in [1.165, 1.54) is 34.7 Å². The highest BCUT2D eigenvalue weighted by molar-refractivity contribution is 5.80. The number of nitrogens with zero attached hydrogens (tertiary/aromatic N) is 3. The molecule has 3 rings (SSSR count). The molecule has 0 radical (unpaired) electrons. The van der Waals surface area contributed by atoms with Crippen molar-refractivity contribution in [3.63, 3.8) is 0 Å². The third-order valence-electron chi connectivity index (χ3n) is 4.83. The number of nitro benzene ring substituents is 1. The summed E-state index contributed by atoms with van der Waals surface area (Å²) in [4.78, 5) is 39.5. The lowest BCUT2D eigenvalue weighted by Crippen LogP contribution is -2.34. The van der Waals surface area contributed by atoms with Crippen LogP contribution in [-0.2, 0) is 17.8 Å². The number of aromatic nitrogens is 2. The molecular weight excluding hydrogens is 384 g/mol. The highest BCUT2D eigenvalue weighted by Gasteiger charge is 2.14. The minimum Gasteiger partial charge on any atom is -0.348 e. The van der Waals surface area contributed by atoms with Crippen molar-refractivity contribution in [3.8, 4) is 0 Å². The van der Waals surface area contributed by atoms with Gasteiger partial charge in [0.2, 0.25) is 5.91 Å². The summed E-state index contributed by atoms with van der Waals surface area (Å²) in [7, 11) is 0. The molecule has 8 nitrogen and oxygen atoms in total. The summed E-state index contributed by atoms with van der Waals surface area (Å²) in [6, 6.07) is 11.8. The molecule has 1 aromatic heterocycles. The average Bonchev–Trinajstić information content (AvgIpc) is 2.69. The smallest absolute Gasteiger partial charge is 0.271 e. The molecule has 30 heavy (non-hydrogen) atoms. The lowest BCUT2D eigenvalue weighted by atomic mass is 10.00. The van der Waals surface area contributed by atoms with E-state index in [-0.39, 0.29) is 35.1 Å². The van der Waals surface area contributed by atoms with Gasteiger partial charge in [-0.05, 0) is 36.5 Å². The lowest BCUT2D eigenvalue weighted by Gasteiger charge is -2.16. The summed E-state index contributed by atoms with van der Waals surface area (Å²) in [5.41, 5.74) is 1.89. The summed E-state index contributed by atoms with van der Waals surface area (Å²) in [5.74, 6) is 0.256. The number of nitro groups is 1. The predicted octanol–water partition coefficient (Wildman–Crippen LogP) is 3.38. The van der Waals surface area contributed by atoms with Gasteiger partial charge in [0.1, 0.15) is 6.54 Å². The molecule has 0 aliphatic carbocycles. The van der Waals surface area contributed by atoms with Crippen LogP contribution in [0.5, 0.6) is 0 Å². The standard InChI is InChI=1S/C22H24N4O4/c1-14(2)10-16-4-6-17(7-5-16)15(3)24-21(27)12-25-13-23-20-11-18(26(29)30)8-9-19(20)22(25)28/h4-9,11,13-15H,10,12H2,1-3H3,(H,24,27). The zero-order valence-electron chi connectivity index (χ0n) is 17.2. The van der Waals surface area contributed by atoms with E-state index in [1.54, 1.807) is 0 Å². The molecule has 8 heteroatoms. The van der Waals surface area contributed by atoms with Gasteiger partial charge in [-0.2, -0.15) is 0 Å². The molecule has 3 aromatic rings. The van der Waals surface area contributed by atoms with Crippen molar-refractivity contribution in [3.05, 3.63) is 80.4 Å². The number of hydrogen-bond acceptors (Lipinski definition) is 5. The van der Waals surface area contributed by atoms with E-state index in [2.05, 4.69) is 36.3 Å². The van der Waals surface area contributed by atoms with Gasteiger partial charge in [-0.1, -0.05) is 38.1 Å². The van der Waals surface area contributed by atoms with Crippen LogP contribution in [0.1, 0.15) is 37.9 Å². The van der Waals surface area contributed by atoms with Crippen molar-refractivity contribution in [2.75, 3.05) is 0 Å². The number of hydrogen-bond donors (Lipinski definition) is 1. The first kappa shape index (κ1) is 21.2. The van der Waals surface area contributed by atoms with Crippen LogP contribution in [0.25, 0.3) is 10.9 Å². The molecule has 1 atom stereocenters. The Labute approximate surface area is 173 Å². The van der Waals surface area contributed by atoms with Gasteiger partial charge in [0.25, 0.3) is 11.2 Å². The molecule has 1 unspecified atom stereocenters. The van der Waals surface area contributed by atoms with Crippen LogP contribution in [0.2, 0.25) is 0 Å². The maximum Gasteiger partial charge on any atom is 0.271 e. The molecule has 0 aliphatic rings. The van der Waals surface area contributed by atoms with E-state index in [9.17, 15) is 19.7 Å². The highest BCUT2D eigenvalue weighted by Crippen LogP contribution is 2.17. The molecule has 0 saturated heterocycles. The SMILES string of the molecule is CC(C)Cc1ccc(C(C)NC(=O)Cn2cnc3cc([N+](=O)[O-])ccc3c2=O)cc1. The fourth-order valence-electron chi connectivity index (χ4n) is 3.31. The third kappa shape index (κ3) is 4.89. The Bertz CT molecular complexity index is 1140. The Morgan fingerprint density at radius 3 is 2.50 bits per heavy atom. The molecule has 0 fully saturated rings. The normalized spacial score (nSPS) is 12.1. The summed E-state index contributed by atoms with van der Waals surface area (Å²) in [6.07, 6.45) is 2.24. The molecule has 0 spiro atoms. The monoisotopic (exact) mass is 408 g/mol. The number of fused-ring (bicyclic) bond motifs is 1. The average molecular weight is 408 g/mol. The van der Waals surface area contributed by atoms with Gasteiger partial charge < -0.3 is 5.32 Å². The number of non-ortho nitro benzene ring substituents is 1. The van der Waals surface area contributed by atoms with E-state index in [0.29, 0.717) is 5.92 Å². The second-order valence-corrected chi connectivity index (χ2v) is 7.76. The van der Waals surface area contributed by atoms with Crippen LogP contribution < -0.4 is 10.9 Å². The first-order chi connectivity index (χ1) is 14.2. The highest BCUT2D eigenvalue weighted by atomic mass is 16.6. The Kier molecular flexibility index (Phi) is 6.25. The fraction of sp³-hybridized carbons (Fsp3) is 0.318. The maximum atomic E-state index is 12.6. The van der Waals surface area contributed by atoms with E-state index in [0.717, 1.165) is 12.0 Å². The Morgan fingerprint density at radius 1 is 1.17 bits per heavy atom. The quantitative estimate of drug-likeness (QED) is 0.476. The molecule has 156 valence electrons. The molecule has 2 aromatic carbocycles. The zero-order valence-corrected chi connectivity index (χ0v) is 17.2. The van der Waals surface area contributed by atoms with E-state index < -0.39 is 10.5 Å². The van der Waals surface area contributed by atoms with Crippen molar-refractivity contribution in [1.29, 1.82) is 0 Å². The number of amides is 1. The minimum absolute atomic E-state index is 0.141. The fourth-order valence-corrected chi connectivity index (χ4v) is 3.31. The molecule has 0 aliphatic heterocycles. The third-order valence-corrected chi connectivity index (χ3v) is 4.83. The topological polar surface area (TPSA) is 107 Å². The van der Waals surface area contributed by atoms with E-state index in [4.69, 9.17) is 0 Å². The minimum atomic E-state index is -0.545. The van der Waals surface area contributed by atoms with Gasteiger partial charge in [-0.3, -0.25) is 24.3 Å². The molecule has 0 bridgehead atoms. The number of nitrogens with one attached hydrogen (secondary N) is 1. The van der Waals surface area contributed by atoms with Gasteiger partial charge in [0.05, 0.1) is 28.2 Å². The first-order valence-corrected chi connectivity index (χ1v) is 9.76. The van der Waals surface area contributed by atoms with Gasteiger partial charge in [0, 0.05) is 12.1 Å². The second-order valence-electron chi connectivity index (χ2n) is 7.76. The largest absolute Gasteiger partial charge is 0.348 e. The van der Waals surface area contributed by atoms with Gasteiger partial charge in [0.15, 0.2) is 0 Å². The Balaban J connectivity index is 1.70. The lowest BCUT2D eigenvalue weighted by molar-refractivity contribution is -0.384. The maximum absolute atomic E-state index is 12.6. The number of carbonyl (C=O) groups excluding carboxylic acids is 1. The molecule has 0 saturated carbocycles. The predicted molar refractivity (Wildman–Crippen MR) is 114 cm³/mol. The summed E-state index contributed by atoms with van der Waals surface area (Å²) in [5, 5.41) is 14.0. The first-order valence-electron chi connectivity index (χ1n) is 9.76. The van der Waals surface area contributed by atoms with Crippen LogP contribution in [0.3, 0.4) is 0 Å². The van der Waals surface area contributed by atoms with Crippen molar-refractivity contribution in [2.24, 2.45) is 5.92 Å². The Morgan fingerprint density at radius 2 is 1.87 bits per heavy atom. The number of rotatable bonds is 7. The van der Waals surface area contributed by atoms with Crippen LogP contribution in [0.15, 0.2) is 53.6 Å². The molecular formula is C22H24N4O4. The zero-order chi connectivity index (χ0) is 21.8. The van der Waals surface area contributed by atoms with Gasteiger partial charge in [-0.15, -0.1) is 0 Å². The van der Waals surface area contributed by atoms with Crippen molar-refractivity contribution in [2.45, 2.75) is 39.8 Å². The molecule has 1 N–H and O–H groups in total. The van der Waals surface area contributed by atoms with Crippen LogP contribution in [-0.4, -0.2) is 20.4 Å². The van der Waals surface area contributed by atoms with Crippen LogP contribution in [0.4, 0.5) is 5.69 Å².